The summed E-state index contributed by atoms with van der Waals surface area (Å²) in [5.41, 5.74) is 1.38. The van der Waals surface area contributed by atoms with Gasteiger partial charge >= 0.3 is 5.97 Å². The van der Waals surface area contributed by atoms with E-state index in [0.29, 0.717) is 30.0 Å². The first-order valence-electron chi connectivity index (χ1n) is 6.74. The van der Waals surface area contributed by atoms with E-state index in [-0.39, 0.29) is 5.56 Å². The van der Waals surface area contributed by atoms with Gasteiger partial charge < -0.3 is 14.6 Å². The third kappa shape index (κ3) is 2.40. The third-order valence-corrected chi connectivity index (χ3v) is 3.53. The summed E-state index contributed by atoms with van der Waals surface area (Å²) in [5, 5.41) is 2.97. The fraction of sp³-hybridized carbons (Fsp3) is 0.267. The number of ether oxygens (including phenoxy) is 1. The van der Waals surface area contributed by atoms with E-state index in [1.807, 2.05) is 6.07 Å². The lowest BCUT2D eigenvalue weighted by atomic mass is 10.1. The summed E-state index contributed by atoms with van der Waals surface area (Å²) in [4.78, 5) is 28.5. The van der Waals surface area contributed by atoms with Crippen LogP contribution in [0.2, 0.25) is 0 Å². The van der Waals surface area contributed by atoms with Crippen molar-refractivity contribution < 1.29 is 9.53 Å². The minimum atomic E-state index is -0.426. The van der Waals surface area contributed by atoms with Gasteiger partial charge in [0.15, 0.2) is 0 Å². The molecule has 108 valence electrons. The molecular weight excluding hydrogens is 270 g/mol. The first-order chi connectivity index (χ1) is 10.2. The maximum Gasteiger partial charge on any atom is 0.339 e. The van der Waals surface area contributed by atoms with E-state index >= 15 is 0 Å². The molecule has 0 spiro atoms. The summed E-state index contributed by atoms with van der Waals surface area (Å²) in [7, 11) is 1.34. The Morgan fingerprint density at radius 3 is 3.00 bits per heavy atom. The lowest BCUT2D eigenvalue weighted by molar-refractivity contribution is 0.0598. The van der Waals surface area contributed by atoms with Crippen LogP contribution in [0, 0.1) is 0 Å². The fourth-order valence-corrected chi connectivity index (χ4v) is 2.56. The number of nitrogens with zero attached hydrogens (tertiary/aromatic N) is 2. The first kappa shape index (κ1) is 13.4. The van der Waals surface area contributed by atoms with E-state index in [1.54, 1.807) is 29.0 Å². The summed E-state index contributed by atoms with van der Waals surface area (Å²) in [6.07, 6.45) is 3.20. The van der Waals surface area contributed by atoms with Crippen molar-refractivity contribution in [3.05, 3.63) is 52.1 Å². The van der Waals surface area contributed by atoms with Gasteiger partial charge in [0.25, 0.3) is 5.56 Å². The Morgan fingerprint density at radius 2 is 2.29 bits per heavy atom. The van der Waals surface area contributed by atoms with Crippen LogP contribution >= 0.6 is 0 Å². The molecule has 0 saturated heterocycles. The van der Waals surface area contributed by atoms with Gasteiger partial charge in [-0.05, 0) is 31.0 Å². The zero-order chi connectivity index (χ0) is 14.8. The lowest BCUT2D eigenvalue weighted by Gasteiger charge is -2.12. The van der Waals surface area contributed by atoms with Crippen LogP contribution in [0.1, 0.15) is 22.5 Å². The molecule has 0 atom stereocenters. The highest BCUT2D eigenvalue weighted by Crippen LogP contribution is 2.21. The van der Waals surface area contributed by atoms with Gasteiger partial charge in [0.1, 0.15) is 11.5 Å². The molecule has 2 aromatic heterocycles. The molecule has 0 radical (unpaired) electrons. The smallest absolute Gasteiger partial charge is 0.339 e. The highest BCUT2D eigenvalue weighted by molar-refractivity contribution is 5.92. The number of carbonyl (C=O) groups excluding carboxylic acids is 1. The summed E-state index contributed by atoms with van der Waals surface area (Å²) >= 11 is 0. The molecule has 0 saturated carbocycles. The number of pyridine rings is 2. The second-order valence-electron chi connectivity index (χ2n) is 4.81. The van der Waals surface area contributed by atoms with E-state index in [2.05, 4.69) is 10.3 Å². The molecule has 6 heteroatoms. The third-order valence-electron chi connectivity index (χ3n) is 3.53. The molecule has 0 amide bonds. The van der Waals surface area contributed by atoms with E-state index in [4.69, 9.17) is 4.74 Å². The standard InChI is InChI=1S/C15H15N3O3/c1-21-15(20)10-9-11(17-13-6-2-3-7-16-13)14(19)18-8-4-5-12(10)18/h2-3,6-7,9H,4-5,8H2,1H3,(H,16,17). The normalized spacial score (nSPS) is 12.8. The highest BCUT2D eigenvalue weighted by atomic mass is 16.5. The Balaban J connectivity index is 2.09. The molecule has 21 heavy (non-hydrogen) atoms. The Kier molecular flexibility index (Phi) is 3.43. The van der Waals surface area contributed by atoms with Crippen molar-refractivity contribution in [2.75, 3.05) is 12.4 Å². The van der Waals surface area contributed by atoms with Crippen LogP contribution in [0.25, 0.3) is 0 Å². The van der Waals surface area contributed by atoms with Crippen molar-refractivity contribution in [2.45, 2.75) is 19.4 Å². The highest BCUT2D eigenvalue weighted by Gasteiger charge is 2.23. The van der Waals surface area contributed by atoms with Crippen LogP contribution in [0.3, 0.4) is 0 Å². The van der Waals surface area contributed by atoms with Gasteiger partial charge in [-0.1, -0.05) is 6.07 Å². The Hall–Kier alpha value is -2.63. The Bertz CT molecular complexity index is 738. The molecule has 0 bridgehead atoms. The van der Waals surface area contributed by atoms with Crippen molar-refractivity contribution >= 4 is 17.5 Å². The first-order valence-corrected chi connectivity index (χ1v) is 6.74. The van der Waals surface area contributed by atoms with Crippen molar-refractivity contribution in [3.63, 3.8) is 0 Å². The molecule has 2 aromatic rings. The van der Waals surface area contributed by atoms with E-state index in [1.165, 1.54) is 7.11 Å². The number of fused-ring (bicyclic) bond motifs is 1. The molecule has 1 aliphatic heterocycles. The predicted molar refractivity (Wildman–Crippen MR) is 77.9 cm³/mol. The molecule has 1 aliphatic rings. The van der Waals surface area contributed by atoms with Crippen LogP contribution in [0.4, 0.5) is 11.5 Å². The van der Waals surface area contributed by atoms with Gasteiger partial charge in [-0.25, -0.2) is 9.78 Å². The lowest BCUT2D eigenvalue weighted by Crippen LogP contribution is -2.25. The van der Waals surface area contributed by atoms with Gasteiger partial charge in [-0.3, -0.25) is 4.79 Å². The quantitative estimate of drug-likeness (QED) is 0.869. The molecule has 6 nitrogen and oxygen atoms in total. The van der Waals surface area contributed by atoms with E-state index in [0.717, 1.165) is 12.1 Å². The molecule has 3 rings (SSSR count). The zero-order valence-electron chi connectivity index (χ0n) is 11.6. The van der Waals surface area contributed by atoms with E-state index < -0.39 is 5.97 Å². The summed E-state index contributed by atoms with van der Waals surface area (Å²) in [6, 6.07) is 6.93. The number of nitrogens with one attached hydrogen (secondary N) is 1. The minimum Gasteiger partial charge on any atom is -0.465 e. The number of esters is 1. The Morgan fingerprint density at radius 1 is 1.43 bits per heavy atom. The number of hydrogen-bond acceptors (Lipinski definition) is 5. The molecule has 1 N–H and O–H groups in total. The monoisotopic (exact) mass is 285 g/mol. The van der Waals surface area contributed by atoms with Crippen LogP contribution in [-0.4, -0.2) is 22.6 Å². The number of aromatic nitrogens is 2. The van der Waals surface area contributed by atoms with Gasteiger partial charge in [0.2, 0.25) is 0 Å². The average molecular weight is 285 g/mol. The summed E-state index contributed by atoms with van der Waals surface area (Å²) in [6.45, 7) is 0.621. The molecule has 0 aliphatic carbocycles. The van der Waals surface area contributed by atoms with Gasteiger partial charge in [0, 0.05) is 18.4 Å². The number of rotatable bonds is 3. The topological polar surface area (TPSA) is 73.2 Å². The van der Waals surface area contributed by atoms with Crippen molar-refractivity contribution in [1.82, 2.24) is 9.55 Å². The predicted octanol–water partition coefficient (Wildman–Crippen LogP) is 1.72. The molecular formula is C15H15N3O3. The molecule has 0 unspecified atom stereocenters. The number of anilines is 2. The number of methoxy groups -OCH3 is 1. The largest absolute Gasteiger partial charge is 0.465 e. The van der Waals surface area contributed by atoms with E-state index in [9.17, 15) is 9.59 Å². The van der Waals surface area contributed by atoms with Crippen molar-refractivity contribution in [1.29, 1.82) is 0 Å². The van der Waals surface area contributed by atoms with Crippen molar-refractivity contribution in [2.24, 2.45) is 0 Å². The van der Waals surface area contributed by atoms with Crippen LogP contribution in [-0.2, 0) is 17.7 Å². The van der Waals surface area contributed by atoms with Gasteiger partial charge in [-0.15, -0.1) is 0 Å². The average Bonchev–Trinajstić information content (AvgIpc) is 3.00. The van der Waals surface area contributed by atoms with Crippen LogP contribution in [0.15, 0.2) is 35.3 Å². The van der Waals surface area contributed by atoms with Gasteiger partial charge in [0.05, 0.1) is 12.7 Å². The second-order valence-corrected chi connectivity index (χ2v) is 4.81. The zero-order valence-corrected chi connectivity index (χ0v) is 11.6. The van der Waals surface area contributed by atoms with Crippen molar-refractivity contribution in [3.8, 4) is 0 Å². The maximum absolute atomic E-state index is 12.4. The van der Waals surface area contributed by atoms with Crippen LogP contribution < -0.4 is 10.9 Å². The SMILES string of the molecule is COC(=O)c1cc(Nc2ccccn2)c(=O)n2c1CCC2. The summed E-state index contributed by atoms with van der Waals surface area (Å²) in [5.74, 6) is 0.133. The second kappa shape index (κ2) is 5.40. The summed E-state index contributed by atoms with van der Waals surface area (Å²) < 4.78 is 6.45. The molecule has 0 aromatic carbocycles. The maximum atomic E-state index is 12.4. The fourth-order valence-electron chi connectivity index (χ4n) is 2.56. The Labute approximate surface area is 121 Å². The van der Waals surface area contributed by atoms with Crippen LogP contribution in [0.5, 0.6) is 0 Å². The number of hydrogen-bond donors (Lipinski definition) is 1. The van der Waals surface area contributed by atoms with Gasteiger partial charge in [-0.2, -0.15) is 0 Å². The number of carbonyl (C=O) groups is 1. The minimum absolute atomic E-state index is 0.138. The molecule has 3 heterocycles. The molecule has 0 fully saturated rings.